The first-order chi connectivity index (χ1) is 7.19. The van der Waals surface area contributed by atoms with Crippen molar-refractivity contribution < 1.29 is 9.18 Å². The molecule has 0 aliphatic heterocycles. The van der Waals surface area contributed by atoms with Crippen molar-refractivity contribution in [3.63, 3.8) is 0 Å². The molecule has 0 spiro atoms. The van der Waals surface area contributed by atoms with Gasteiger partial charge in [0.05, 0.1) is 11.6 Å². The van der Waals surface area contributed by atoms with Crippen molar-refractivity contribution in [1.82, 2.24) is 5.32 Å². The molecule has 3 nitrogen and oxygen atoms in total. The number of nitrogens with one attached hydrogen (secondary N) is 1. The zero-order valence-electron chi connectivity index (χ0n) is 8.33. The van der Waals surface area contributed by atoms with E-state index in [0.29, 0.717) is 6.42 Å². The van der Waals surface area contributed by atoms with Gasteiger partial charge in [0.25, 0.3) is 5.91 Å². The molecule has 0 fully saturated rings. The third-order valence-corrected chi connectivity index (χ3v) is 1.99. The highest BCUT2D eigenvalue weighted by molar-refractivity contribution is 5.94. The fraction of sp³-hybridized carbons (Fsp3) is 0.273. The summed E-state index contributed by atoms with van der Waals surface area (Å²) >= 11 is 0. The summed E-state index contributed by atoms with van der Waals surface area (Å²) in [6, 6.07) is 7.02. The standard InChI is InChI=1S/C11H11FN2O/c1-2-8(7-13)14-11(15)9-5-3-4-6-10(9)12/h3-6,8H,2H2,1H3,(H,14,15). The van der Waals surface area contributed by atoms with Crippen LogP contribution in [-0.4, -0.2) is 11.9 Å². The zero-order valence-corrected chi connectivity index (χ0v) is 8.33. The van der Waals surface area contributed by atoms with Crippen molar-refractivity contribution in [2.75, 3.05) is 0 Å². The molecule has 0 aliphatic carbocycles. The number of hydrogen-bond donors (Lipinski definition) is 1. The molecule has 1 atom stereocenters. The number of carbonyl (C=O) groups excluding carboxylic acids is 1. The average Bonchev–Trinajstić information content (AvgIpc) is 2.26. The quantitative estimate of drug-likeness (QED) is 0.820. The largest absolute Gasteiger partial charge is 0.336 e. The minimum atomic E-state index is -0.581. The van der Waals surface area contributed by atoms with Crippen LogP contribution in [0.2, 0.25) is 0 Å². The minimum absolute atomic E-state index is 0.0359. The number of benzene rings is 1. The summed E-state index contributed by atoms with van der Waals surface area (Å²) in [6.07, 6.45) is 0.497. The van der Waals surface area contributed by atoms with Gasteiger partial charge in [0.15, 0.2) is 0 Å². The second kappa shape index (κ2) is 5.11. The SMILES string of the molecule is CCC(C#N)NC(=O)c1ccccc1F. The lowest BCUT2D eigenvalue weighted by atomic mass is 10.1. The van der Waals surface area contributed by atoms with E-state index < -0.39 is 17.8 Å². The smallest absolute Gasteiger partial charge is 0.255 e. The number of nitrogens with zero attached hydrogens (tertiary/aromatic N) is 1. The van der Waals surface area contributed by atoms with Crippen LogP contribution in [0.25, 0.3) is 0 Å². The van der Waals surface area contributed by atoms with E-state index in [1.54, 1.807) is 13.0 Å². The van der Waals surface area contributed by atoms with E-state index >= 15 is 0 Å². The Morgan fingerprint density at radius 2 is 2.27 bits per heavy atom. The van der Waals surface area contributed by atoms with Gasteiger partial charge in [-0.15, -0.1) is 0 Å². The summed E-state index contributed by atoms with van der Waals surface area (Å²) in [5.41, 5.74) is -0.0359. The van der Waals surface area contributed by atoms with Crippen molar-refractivity contribution in [2.45, 2.75) is 19.4 Å². The highest BCUT2D eigenvalue weighted by Gasteiger charge is 2.14. The normalized spacial score (nSPS) is 11.5. The topological polar surface area (TPSA) is 52.9 Å². The summed E-state index contributed by atoms with van der Waals surface area (Å²) in [5.74, 6) is -1.13. The van der Waals surface area contributed by atoms with E-state index in [1.807, 2.05) is 6.07 Å². The third kappa shape index (κ3) is 2.78. The monoisotopic (exact) mass is 206 g/mol. The fourth-order valence-electron chi connectivity index (χ4n) is 1.11. The molecular weight excluding hydrogens is 195 g/mol. The number of carbonyl (C=O) groups is 1. The summed E-state index contributed by atoms with van der Waals surface area (Å²) < 4.78 is 13.2. The molecule has 0 saturated heterocycles. The molecule has 0 radical (unpaired) electrons. The van der Waals surface area contributed by atoms with Gasteiger partial charge in [0, 0.05) is 0 Å². The molecule has 0 heterocycles. The van der Waals surface area contributed by atoms with Crippen molar-refractivity contribution in [3.05, 3.63) is 35.6 Å². The molecule has 1 aromatic carbocycles. The van der Waals surface area contributed by atoms with E-state index in [0.717, 1.165) is 0 Å². The van der Waals surface area contributed by atoms with Crippen LogP contribution in [-0.2, 0) is 0 Å². The fourth-order valence-corrected chi connectivity index (χ4v) is 1.11. The van der Waals surface area contributed by atoms with Crippen LogP contribution in [0.4, 0.5) is 4.39 Å². The summed E-state index contributed by atoms with van der Waals surface area (Å²) in [4.78, 5) is 11.5. The number of rotatable bonds is 3. The molecule has 0 saturated carbocycles. The molecule has 15 heavy (non-hydrogen) atoms. The number of nitriles is 1. The van der Waals surface area contributed by atoms with Crippen molar-refractivity contribution in [1.29, 1.82) is 5.26 Å². The van der Waals surface area contributed by atoms with Gasteiger partial charge in [-0.1, -0.05) is 19.1 Å². The predicted octanol–water partition coefficient (Wildman–Crippen LogP) is 1.86. The highest BCUT2D eigenvalue weighted by atomic mass is 19.1. The summed E-state index contributed by atoms with van der Waals surface area (Å²) in [6.45, 7) is 1.77. The Hall–Kier alpha value is -1.89. The molecule has 0 bridgehead atoms. The lowest BCUT2D eigenvalue weighted by Gasteiger charge is -2.09. The Balaban J connectivity index is 2.79. The van der Waals surface area contributed by atoms with E-state index in [-0.39, 0.29) is 5.56 Å². The van der Waals surface area contributed by atoms with E-state index in [1.165, 1.54) is 18.2 Å². The maximum Gasteiger partial charge on any atom is 0.255 e. The summed E-state index contributed by atoms with van der Waals surface area (Å²) in [5, 5.41) is 11.1. The third-order valence-electron chi connectivity index (χ3n) is 1.99. The Bertz CT molecular complexity index is 398. The Labute approximate surface area is 87.5 Å². The molecular formula is C11H11FN2O. The van der Waals surface area contributed by atoms with E-state index in [2.05, 4.69) is 5.32 Å². The van der Waals surface area contributed by atoms with Crippen molar-refractivity contribution in [2.24, 2.45) is 0 Å². The van der Waals surface area contributed by atoms with Crippen molar-refractivity contribution in [3.8, 4) is 6.07 Å². The maximum atomic E-state index is 13.2. The molecule has 0 aliphatic rings. The molecule has 78 valence electrons. The molecule has 1 aromatic rings. The maximum absolute atomic E-state index is 13.2. The summed E-state index contributed by atoms with van der Waals surface area (Å²) in [7, 11) is 0. The number of amides is 1. The lowest BCUT2D eigenvalue weighted by Crippen LogP contribution is -2.33. The average molecular weight is 206 g/mol. The number of hydrogen-bond acceptors (Lipinski definition) is 2. The van der Waals surface area contributed by atoms with Crippen LogP contribution in [0.5, 0.6) is 0 Å². The Kier molecular flexibility index (Phi) is 3.81. The van der Waals surface area contributed by atoms with Crippen molar-refractivity contribution >= 4 is 5.91 Å². The molecule has 1 N–H and O–H groups in total. The first-order valence-electron chi connectivity index (χ1n) is 4.64. The molecule has 4 heteroatoms. The van der Waals surface area contributed by atoms with Gasteiger partial charge in [-0.25, -0.2) is 4.39 Å². The van der Waals surface area contributed by atoms with Crippen LogP contribution >= 0.6 is 0 Å². The second-order valence-electron chi connectivity index (χ2n) is 3.04. The minimum Gasteiger partial charge on any atom is -0.336 e. The molecule has 1 amide bonds. The van der Waals surface area contributed by atoms with Crippen LogP contribution < -0.4 is 5.32 Å². The van der Waals surface area contributed by atoms with E-state index in [4.69, 9.17) is 5.26 Å². The first-order valence-corrected chi connectivity index (χ1v) is 4.64. The molecule has 1 unspecified atom stereocenters. The lowest BCUT2D eigenvalue weighted by molar-refractivity contribution is 0.0940. The molecule has 1 rings (SSSR count). The number of halogens is 1. The Morgan fingerprint density at radius 3 is 2.80 bits per heavy atom. The van der Waals surface area contributed by atoms with Gasteiger partial charge >= 0.3 is 0 Å². The second-order valence-corrected chi connectivity index (χ2v) is 3.04. The van der Waals surface area contributed by atoms with Gasteiger partial charge in [0.1, 0.15) is 11.9 Å². The highest BCUT2D eigenvalue weighted by Crippen LogP contribution is 2.06. The zero-order chi connectivity index (χ0) is 11.3. The van der Waals surface area contributed by atoms with Gasteiger partial charge in [-0.2, -0.15) is 5.26 Å². The van der Waals surface area contributed by atoms with Gasteiger partial charge in [0.2, 0.25) is 0 Å². The van der Waals surface area contributed by atoms with Gasteiger partial charge in [-0.05, 0) is 18.6 Å². The first kappa shape index (κ1) is 11.2. The van der Waals surface area contributed by atoms with Crippen LogP contribution in [0, 0.1) is 17.1 Å². The molecule has 0 aromatic heterocycles. The predicted molar refractivity (Wildman–Crippen MR) is 53.6 cm³/mol. The van der Waals surface area contributed by atoms with Crippen LogP contribution in [0.3, 0.4) is 0 Å². The van der Waals surface area contributed by atoms with Gasteiger partial charge < -0.3 is 5.32 Å². The van der Waals surface area contributed by atoms with Gasteiger partial charge in [-0.3, -0.25) is 4.79 Å². The van der Waals surface area contributed by atoms with E-state index in [9.17, 15) is 9.18 Å². The van der Waals surface area contributed by atoms with Crippen LogP contribution in [0.15, 0.2) is 24.3 Å². The van der Waals surface area contributed by atoms with Crippen LogP contribution in [0.1, 0.15) is 23.7 Å². The Morgan fingerprint density at radius 1 is 1.60 bits per heavy atom.